The van der Waals surface area contributed by atoms with Gasteiger partial charge >= 0.3 is 0 Å². The van der Waals surface area contributed by atoms with Crippen molar-refractivity contribution in [2.75, 3.05) is 25.6 Å². The molecule has 0 spiro atoms. The zero-order chi connectivity index (χ0) is 14.5. The second-order valence-corrected chi connectivity index (χ2v) is 5.33. The highest BCUT2D eigenvalue weighted by Crippen LogP contribution is 2.23. The summed E-state index contributed by atoms with van der Waals surface area (Å²) >= 11 is 3.15. The Balaban J connectivity index is 2.03. The number of hydrogen-bond donors (Lipinski definition) is 2. The zero-order valence-corrected chi connectivity index (χ0v) is 12.7. The Hall–Kier alpha value is -1.24. The molecule has 1 aromatic heterocycles. The minimum absolute atomic E-state index is 0.312. The molecule has 1 aromatic carbocycles. The third kappa shape index (κ3) is 3.88. The van der Waals surface area contributed by atoms with Gasteiger partial charge in [-0.05, 0) is 40.5 Å². The van der Waals surface area contributed by atoms with E-state index in [0.717, 1.165) is 5.39 Å². The fourth-order valence-electron chi connectivity index (χ4n) is 1.86. The third-order valence-corrected chi connectivity index (χ3v) is 3.48. The van der Waals surface area contributed by atoms with Crippen LogP contribution in [0.1, 0.15) is 6.42 Å². The first-order valence-electron chi connectivity index (χ1n) is 6.27. The van der Waals surface area contributed by atoms with Crippen LogP contribution in [0, 0.1) is 5.82 Å². The summed E-state index contributed by atoms with van der Waals surface area (Å²) in [5.74, 6) is 0.321. The van der Waals surface area contributed by atoms with Crippen LogP contribution in [0.5, 0.6) is 0 Å². The molecule has 0 amide bonds. The first kappa shape index (κ1) is 15.2. The highest BCUT2D eigenvalue weighted by molar-refractivity contribution is 9.10. The number of ether oxygens (including phenoxy) is 1. The lowest BCUT2D eigenvalue weighted by molar-refractivity contribution is 0.0615. The van der Waals surface area contributed by atoms with Crippen molar-refractivity contribution < 1.29 is 14.2 Å². The maximum Gasteiger partial charge on any atom is 0.139 e. The average Bonchev–Trinajstić information content (AvgIpc) is 2.41. The first-order valence-corrected chi connectivity index (χ1v) is 7.06. The zero-order valence-electron chi connectivity index (χ0n) is 11.1. The minimum atomic E-state index is -0.499. The lowest BCUT2D eigenvalue weighted by Crippen LogP contribution is -2.18. The Bertz CT molecular complexity index is 595. The van der Waals surface area contributed by atoms with Crippen LogP contribution in [-0.2, 0) is 4.74 Å². The van der Waals surface area contributed by atoms with Crippen LogP contribution in [0.4, 0.5) is 10.2 Å². The van der Waals surface area contributed by atoms with E-state index in [0.29, 0.717) is 35.4 Å². The standard InChI is InChI=1S/C14H16BrFN2O2/c1-20-8-10(19)4-5-17-14-3-2-9-6-11(15)12(16)7-13(9)18-14/h2-3,6-7,10,19H,4-5,8H2,1H3,(H,17,18). The number of aliphatic hydroxyl groups is 1. The molecule has 4 nitrogen and oxygen atoms in total. The van der Waals surface area contributed by atoms with Gasteiger partial charge in [0.15, 0.2) is 0 Å². The van der Waals surface area contributed by atoms with E-state index in [1.54, 1.807) is 13.2 Å². The van der Waals surface area contributed by atoms with E-state index < -0.39 is 6.10 Å². The van der Waals surface area contributed by atoms with Crippen molar-refractivity contribution in [2.24, 2.45) is 0 Å². The molecule has 0 radical (unpaired) electrons. The smallest absolute Gasteiger partial charge is 0.139 e. The highest BCUT2D eigenvalue weighted by atomic mass is 79.9. The van der Waals surface area contributed by atoms with Gasteiger partial charge in [0, 0.05) is 25.1 Å². The Morgan fingerprint density at radius 3 is 3.00 bits per heavy atom. The quantitative estimate of drug-likeness (QED) is 0.847. The van der Waals surface area contributed by atoms with E-state index in [4.69, 9.17) is 4.74 Å². The average molecular weight is 343 g/mol. The van der Waals surface area contributed by atoms with Crippen LogP contribution in [-0.4, -0.2) is 36.5 Å². The summed E-state index contributed by atoms with van der Waals surface area (Å²) in [4.78, 5) is 4.34. The van der Waals surface area contributed by atoms with E-state index in [1.165, 1.54) is 6.07 Å². The molecule has 2 aromatic rings. The summed E-state index contributed by atoms with van der Waals surface area (Å²) in [6.45, 7) is 0.883. The molecule has 0 bridgehead atoms. The van der Waals surface area contributed by atoms with Gasteiger partial charge in [-0.25, -0.2) is 9.37 Å². The molecule has 0 saturated heterocycles. The van der Waals surface area contributed by atoms with E-state index in [1.807, 2.05) is 12.1 Å². The van der Waals surface area contributed by atoms with Gasteiger partial charge in [0.05, 0.1) is 22.7 Å². The molecule has 108 valence electrons. The van der Waals surface area contributed by atoms with E-state index in [-0.39, 0.29) is 5.82 Å². The normalized spacial score (nSPS) is 12.6. The van der Waals surface area contributed by atoms with Gasteiger partial charge in [-0.15, -0.1) is 0 Å². The molecule has 1 atom stereocenters. The van der Waals surface area contributed by atoms with Crippen molar-refractivity contribution in [3.8, 4) is 0 Å². The first-order chi connectivity index (χ1) is 9.60. The van der Waals surface area contributed by atoms with Gasteiger partial charge in [-0.3, -0.25) is 0 Å². The Labute approximate surface area is 125 Å². The molecule has 1 unspecified atom stereocenters. The Morgan fingerprint density at radius 1 is 1.45 bits per heavy atom. The number of nitrogens with zero attached hydrogens (tertiary/aromatic N) is 1. The molecule has 0 aliphatic carbocycles. The summed E-state index contributed by atoms with van der Waals surface area (Å²) < 4.78 is 18.7. The molecule has 0 aliphatic rings. The molecule has 0 aliphatic heterocycles. The van der Waals surface area contributed by atoms with E-state index in [9.17, 15) is 9.50 Å². The van der Waals surface area contributed by atoms with E-state index in [2.05, 4.69) is 26.2 Å². The third-order valence-electron chi connectivity index (χ3n) is 2.87. The van der Waals surface area contributed by atoms with Crippen LogP contribution in [0.25, 0.3) is 10.9 Å². The number of aromatic nitrogens is 1. The summed E-state index contributed by atoms with van der Waals surface area (Å²) in [5.41, 5.74) is 0.591. The van der Waals surface area contributed by atoms with Crippen LogP contribution < -0.4 is 5.32 Å². The van der Waals surface area contributed by atoms with Gasteiger partial charge in [0.2, 0.25) is 0 Å². The summed E-state index contributed by atoms with van der Waals surface area (Å²) in [5, 5.41) is 13.5. The monoisotopic (exact) mass is 342 g/mol. The fraction of sp³-hybridized carbons (Fsp3) is 0.357. The number of benzene rings is 1. The second-order valence-electron chi connectivity index (χ2n) is 4.48. The number of fused-ring (bicyclic) bond motifs is 1. The minimum Gasteiger partial charge on any atom is -0.391 e. The van der Waals surface area contributed by atoms with Crippen molar-refractivity contribution in [2.45, 2.75) is 12.5 Å². The fourth-order valence-corrected chi connectivity index (χ4v) is 2.22. The number of halogens is 2. The highest BCUT2D eigenvalue weighted by Gasteiger charge is 2.05. The van der Waals surface area contributed by atoms with Gasteiger partial charge in [0.25, 0.3) is 0 Å². The molecule has 0 fully saturated rings. The molecular weight excluding hydrogens is 327 g/mol. The van der Waals surface area contributed by atoms with Crippen LogP contribution in [0.2, 0.25) is 0 Å². The van der Waals surface area contributed by atoms with Crippen molar-refractivity contribution in [3.05, 3.63) is 34.6 Å². The summed E-state index contributed by atoms with van der Waals surface area (Å²) in [7, 11) is 1.55. The molecule has 0 saturated carbocycles. The predicted molar refractivity (Wildman–Crippen MR) is 80.4 cm³/mol. The van der Waals surface area contributed by atoms with Crippen molar-refractivity contribution in [1.29, 1.82) is 0 Å². The number of rotatable bonds is 6. The number of aliphatic hydroxyl groups excluding tert-OH is 1. The van der Waals surface area contributed by atoms with Gasteiger partial charge in [-0.1, -0.05) is 0 Å². The number of anilines is 1. The number of methoxy groups -OCH3 is 1. The van der Waals surface area contributed by atoms with Crippen molar-refractivity contribution in [1.82, 2.24) is 4.98 Å². The molecule has 2 rings (SSSR count). The number of nitrogens with one attached hydrogen (secondary N) is 1. The predicted octanol–water partition coefficient (Wildman–Crippen LogP) is 2.95. The van der Waals surface area contributed by atoms with Gasteiger partial charge < -0.3 is 15.2 Å². The molecular formula is C14H16BrFN2O2. The van der Waals surface area contributed by atoms with Gasteiger partial charge in [-0.2, -0.15) is 0 Å². The summed E-state index contributed by atoms with van der Waals surface area (Å²) in [6.07, 6.45) is 0.0590. The van der Waals surface area contributed by atoms with Crippen molar-refractivity contribution >= 4 is 32.7 Å². The molecule has 20 heavy (non-hydrogen) atoms. The lowest BCUT2D eigenvalue weighted by atomic mass is 10.2. The number of pyridine rings is 1. The van der Waals surface area contributed by atoms with Crippen LogP contribution in [0.3, 0.4) is 0 Å². The van der Waals surface area contributed by atoms with Crippen molar-refractivity contribution in [3.63, 3.8) is 0 Å². The lowest BCUT2D eigenvalue weighted by Gasteiger charge is -2.11. The van der Waals surface area contributed by atoms with E-state index >= 15 is 0 Å². The SMILES string of the molecule is COCC(O)CCNc1ccc2cc(Br)c(F)cc2n1. The summed E-state index contributed by atoms with van der Waals surface area (Å²) in [6, 6.07) is 6.80. The van der Waals surface area contributed by atoms with Crippen LogP contribution >= 0.6 is 15.9 Å². The van der Waals surface area contributed by atoms with Crippen LogP contribution in [0.15, 0.2) is 28.7 Å². The largest absolute Gasteiger partial charge is 0.391 e. The number of hydrogen-bond acceptors (Lipinski definition) is 4. The molecule has 6 heteroatoms. The molecule has 1 heterocycles. The second kappa shape index (κ2) is 6.97. The van der Waals surface area contributed by atoms with Gasteiger partial charge in [0.1, 0.15) is 11.6 Å². The Kier molecular flexibility index (Phi) is 5.28. The maximum atomic E-state index is 13.5. The maximum absolute atomic E-state index is 13.5. The Morgan fingerprint density at radius 2 is 2.25 bits per heavy atom. The topological polar surface area (TPSA) is 54.4 Å². The molecule has 2 N–H and O–H groups in total.